The van der Waals surface area contributed by atoms with Crippen LogP contribution in [0.3, 0.4) is 0 Å². The second-order valence-electron chi connectivity index (χ2n) is 9.02. The number of hydrogen-bond donors (Lipinski definition) is 3. The Bertz CT molecular complexity index is 1510. The number of carbonyl (C=O) groups is 1. The molecule has 0 saturated carbocycles. The smallest absolute Gasteiger partial charge is 0.255 e. The van der Waals surface area contributed by atoms with Gasteiger partial charge in [0.05, 0.1) is 5.56 Å². The summed E-state index contributed by atoms with van der Waals surface area (Å²) in [7, 11) is 0. The first-order valence-electron chi connectivity index (χ1n) is 12.6. The number of nitrogens with one attached hydrogen (secondary N) is 2. The van der Waals surface area contributed by atoms with Crippen LogP contribution in [0, 0.1) is 0 Å². The van der Waals surface area contributed by atoms with Gasteiger partial charge >= 0.3 is 0 Å². The Morgan fingerprint density at radius 1 is 0.838 bits per heavy atom. The van der Waals surface area contributed by atoms with E-state index < -0.39 is 0 Å². The number of rotatable bonds is 9. The van der Waals surface area contributed by atoms with Crippen LogP contribution in [0.1, 0.15) is 39.5 Å². The molecule has 1 amide bonds. The van der Waals surface area contributed by atoms with E-state index in [4.69, 9.17) is 10.7 Å². The average Bonchev–Trinajstić information content (AvgIpc) is 3.34. The molecule has 2 heterocycles. The minimum Gasteiger partial charge on any atom is -0.365 e. The number of amides is 1. The molecule has 0 saturated heterocycles. The van der Waals surface area contributed by atoms with Crippen molar-refractivity contribution in [2.75, 3.05) is 5.32 Å². The van der Waals surface area contributed by atoms with Crippen molar-refractivity contribution < 1.29 is 4.79 Å². The van der Waals surface area contributed by atoms with Crippen LogP contribution in [-0.4, -0.2) is 15.3 Å². The van der Waals surface area contributed by atoms with Gasteiger partial charge in [0.1, 0.15) is 11.5 Å². The minimum absolute atomic E-state index is 0.170. The Labute approximate surface area is 217 Å². The summed E-state index contributed by atoms with van der Waals surface area (Å²) >= 11 is 0. The lowest BCUT2D eigenvalue weighted by Crippen LogP contribution is -2.23. The van der Waals surface area contributed by atoms with Crippen molar-refractivity contribution in [2.24, 2.45) is 5.73 Å². The number of carbonyl (C=O) groups excluding carboxylic acids is 1. The van der Waals surface area contributed by atoms with E-state index in [1.807, 2.05) is 65.2 Å². The summed E-state index contributed by atoms with van der Waals surface area (Å²) in [5.74, 6) is 0.685. The Morgan fingerprint density at radius 2 is 1.59 bits per heavy atom. The first kappa shape index (κ1) is 24.3. The van der Waals surface area contributed by atoms with E-state index >= 15 is 0 Å². The van der Waals surface area contributed by atoms with E-state index in [1.54, 1.807) is 0 Å². The summed E-state index contributed by atoms with van der Waals surface area (Å²) in [6, 6.07) is 30.3. The molecular weight excluding hydrogens is 458 g/mol. The van der Waals surface area contributed by atoms with Crippen LogP contribution in [0.2, 0.25) is 0 Å². The van der Waals surface area contributed by atoms with Crippen molar-refractivity contribution in [3.05, 3.63) is 125 Å². The Hall–Kier alpha value is -4.42. The van der Waals surface area contributed by atoms with Crippen molar-refractivity contribution in [1.82, 2.24) is 14.7 Å². The molecule has 5 aromatic rings. The quantitative estimate of drug-likeness (QED) is 0.253. The average molecular weight is 490 g/mol. The largest absolute Gasteiger partial charge is 0.365 e. The van der Waals surface area contributed by atoms with E-state index in [0.29, 0.717) is 30.8 Å². The number of hydrogen-bond acceptors (Lipinski definition) is 4. The van der Waals surface area contributed by atoms with Gasteiger partial charge < -0.3 is 16.4 Å². The van der Waals surface area contributed by atoms with Gasteiger partial charge in [-0.1, -0.05) is 85.8 Å². The van der Waals surface area contributed by atoms with Crippen LogP contribution in [0.4, 0.5) is 5.82 Å². The van der Waals surface area contributed by atoms with Crippen molar-refractivity contribution in [3.8, 4) is 11.3 Å². The molecule has 5 rings (SSSR count). The Morgan fingerprint density at radius 3 is 2.35 bits per heavy atom. The number of anilines is 1. The standard InChI is InChI=1S/C31H31N5O/c1-2-22-13-15-26(16-14-22)28-30(33-20-23-8-4-3-5-9-23)36-17-7-12-27(29(36)35-28)31(37)34-21-25-11-6-10-24(18-25)19-32/h3-18,33H,2,19-21,32H2,1H3,(H,34,37). The molecule has 4 N–H and O–H groups in total. The van der Waals surface area contributed by atoms with Crippen molar-refractivity contribution in [2.45, 2.75) is 33.0 Å². The third-order valence-electron chi connectivity index (χ3n) is 6.51. The number of aromatic nitrogens is 2. The molecule has 0 spiro atoms. The van der Waals surface area contributed by atoms with Crippen molar-refractivity contribution >= 4 is 17.4 Å². The highest BCUT2D eigenvalue weighted by atomic mass is 16.1. The first-order chi connectivity index (χ1) is 18.2. The molecule has 3 aromatic carbocycles. The number of aryl methyl sites for hydroxylation is 1. The van der Waals surface area contributed by atoms with Crippen LogP contribution in [0.25, 0.3) is 16.9 Å². The van der Waals surface area contributed by atoms with Gasteiger partial charge in [0.15, 0.2) is 5.65 Å². The second-order valence-corrected chi connectivity index (χ2v) is 9.02. The first-order valence-corrected chi connectivity index (χ1v) is 12.6. The number of nitrogens with two attached hydrogens (primary N) is 1. The van der Waals surface area contributed by atoms with Gasteiger partial charge in [-0.15, -0.1) is 0 Å². The molecule has 6 nitrogen and oxygen atoms in total. The topological polar surface area (TPSA) is 84.5 Å². The van der Waals surface area contributed by atoms with Crippen LogP contribution < -0.4 is 16.4 Å². The van der Waals surface area contributed by atoms with Gasteiger partial charge in [0.2, 0.25) is 0 Å². The molecule has 6 heteroatoms. The Kier molecular flexibility index (Phi) is 7.28. The van der Waals surface area contributed by atoms with Gasteiger partial charge in [0, 0.05) is 31.4 Å². The fraction of sp³-hybridized carbons (Fsp3) is 0.161. The SMILES string of the molecule is CCc1ccc(-c2nc3c(C(=O)NCc4cccc(CN)c4)cccn3c2NCc2ccccc2)cc1. The van der Waals surface area contributed by atoms with Crippen LogP contribution in [0.15, 0.2) is 97.2 Å². The lowest BCUT2D eigenvalue weighted by Gasteiger charge is -2.10. The molecule has 0 aliphatic carbocycles. The minimum atomic E-state index is -0.170. The summed E-state index contributed by atoms with van der Waals surface area (Å²) in [4.78, 5) is 18.3. The summed E-state index contributed by atoms with van der Waals surface area (Å²) in [6.07, 6.45) is 2.92. The van der Waals surface area contributed by atoms with E-state index in [-0.39, 0.29) is 5.91 Å². The lowest BCUT2D eigenvalue weighted by atomic mass is 10.1. The highest BCUT2D eigenvalue weighted by Gasteiger charge is 2.19. The Balaban J connectivity index is 1.49. The van der Waals surface area contributed by atoms with Gasteiger partial charge in [-0.3, -0.25) is 9.20 Å². The number of pyridine rings is 1. The maximum absolute atomic E-state index is 13.3. The lowest BCUT2D eigenvalue weighted by molar-refractivity contribution is 0.0952. The fourth-order valence-corrected chi connectivity index (χ4v) is 4.44. The molecular formula is C31H31N5O. The maximum atomic E-state index is 13.3. The van der Waals surface area contributed by atoms with Crippen LogP contribution >= 0.6 is 0 Å². The number of fused-ring (bicyclic) bond motifs is 1. The fourth-order valence-electron chi connectivity index (χ4n) is 4.44. The molecule has 0 aliphatic rings. The molecule has 0 aliphatic heterocycles. The van der Waals surface area contributed by atoms with Gasteiger partial charge in [-0.05, 0) is 40.8 Å². The maximum Gasteiger partial charge on any atom is 0.255 e. The molecule has 0 unspecified atom stereocenters. The van der Waals surface area contributed by atoms with Crippen molar-refractivity contribution in [1.29, 1.82) is 0 Å². The zero-order valence-electron chi connectivity index (χ0n) is 20.9. The van der Waals surface area contributed by atoms with E-state index in [2.05, 4.69) is 54.0 Å². The zero-order chi connectivity index (χ0) is 25.6. The summed E-state index contributed by atoms with van der Waals surface area (Å²) < 4.78 is 1.97. The number of benzene rings is 3. The van der Waals surface area contributed by atoms with Crippen LogP contribution in [0.5, 0.6) is 0 Å². The van der Waals surface area contributed by atoms with Crippen molar-refractivity contribution in [3.63, 3.8) is 0 Å². The van der Waals surface area contributed by atoms with Crippen LogP contribution in [-0.2, 0) is 26.1 Å². The van der Waals surface area contributed by atoms with Gasteiger partial charge in [-0.25, -0.2) is 4.98 Å². The monoisotopic (exact) mass is 489 g/mol. The van der Waals surface area contributed by atoms with E-state index in [0.717, 1.165) is 34.6 Å². The number of imidazole rings is 1. The predicted molar refractivity (Wildman–Crippen MR) is 149 cm³/mol. The third-order valence-corrected chi connectivity index (χ3v) is 6.51. The normalized spacial score (nSPS) is 11.0. The molecule has 186 valence electrons. The predicted octanol–water partition coefficient (Wildman–Crippen LogP) is 5.56. The molecule has 0 atom stereocenters. The summed E-state index contributed by atoms with van der Waals surface area (Å²) in [5, 5.41) is 6.62. The number of nitrogens with zero attached hydrogens (tertiary/aromatic N) is 2. The van der Waals surface area contributed by atoms with E-state index in [1.165, 1.54) is 11.1 Å². The van der Waals surface area contributed by atoms with E-state index in [9.17, 15) is 4.79 Å². The highest BCUT2D eigenvalue weighted by Crippen LogP contribution is 2.31. The molecule has 0 fully saturated rings. The third kappa shape index (κ3) is 5.39. The molecule has 2 aromatic heterocycles. The zero-order valence-corrected chi connectivity index (χ0v) is 20.9. The highest BCUT2D eigenvalue weighted by molar-refractivity contribution is 6.00. The van der Waals surface area contributed by atoms with Gasteiger partial charge in [-0.2, -0.15) is 0 Å². The molecule has 0 bridgehead atoms. The molecule has 0 radical (unpaired) electrons. The second kappa shape index (κ2) is 11.1. The summed E-state index contributed by atoms with van der Waals surface area (Å²) in [6.45, 7) is 3.67. The molecule has 37 heavy (non-hydrogen) atoms. The van der Waals surface area contributed by atoms with Gasteiger partial charge in [0.25, 0.3) is 5.91 Å². The summed E-state index contributed by atoms with van der Waals surface area (Å²) in [5.41, 5.74) is 13.2.